The monoisotopic (exact) mass is 296 g/mol. The molecule has 2 fully saturated rings. The molecule has 0 amide bonds. The van der Waals surface area contributed by atoms with Crippen LogP contribution in [0.2, 0.25) is 5.02 Å². The van der Waals surface area contributed by atoms with Crippen molar-refractivity contribution in [2.45, 2.75) is 50.1 Å². The highest BCUT2D eigenvalue weighted by Gasteiger charge is 2.48. The molecule has 1 unspecified atom stereocenters. The fourth-order valence-corrected chi connectivity index (χ4v) is 4.62. The Kier molecular flexibility index (Phi) is 4.07. The topological polar surface area (TPSA) is 33.1 Å². The second-order valence-corrected chi connectivity index (χ2v) is 6.64. The van der Waals surface area contributed by atoms with Gasteiger partial charge in [-0.15, -0.1) is 0 Å². The van der Waals surface area contributed by atoms with Crippen molar-refractivity contribution >= 4 is 11.6 Å². The van der Waals surface area contributed by atoms with Crippen LogP contribution < -0.4 is 5.32 Å². The van der Waals surface area contributed by atoms with E-state index in [9.17, 15) is 0 Å². The predicted octanol–water partition coefficient (Wildman–Crippen LogP) is 2.74. The van der Waals surface area contributed by atoms with Crippen molar-refractivity contribution in [3.8, 4) is 0 Å². The van der Waals surface area contributed by atoms with Crippen LogP contribution in [0.5, 0.6) is 0 Å². The van der Waals surface area contributed by atoms with Gasteiger partial charge in [-0.05, 0) is 45.8 Å². The van der Waals surface area contributed by atoms with Crippen LogP contribution in [0.25, 0.3) is 0 Å². The zero-order chi connectivity index (χ0) is 14.2. The SMILES string of the molecule is CNC(c1c(Cl)cnn1C)C1(N2CCCC2)CCCC1. The largest absolute Gasteiger partial charge is 0.310 e. The number of hydrogen-bond donors (Lipinski definition) is 1. The van der Waals surface area contributed by atoms with E-state index in [1.165, 1.54) is 51.6 Å². The molecule has 1 aromatic heterocycles. The third-order valence-electron chi connectivity index (χ3n) is 5.24. The van der Waals surface area contributed by atoms with E-state index in [-0.39, 0.29) is 11.6 Å². The van der Waals surface area contributed by atoms with Crippen LogP contribution in [0, 0.1) is 0 Å². The molecule has 2 aliphatic rings. The molecule has 1 aliphatic carbocycles. The van der Waals surface area contributed by atoms with Gasteiger partial charge in [0.25, 0.3) is 0 Å². The molecule has 112 valence electrons. The Morgan fingerprint density at radius 3 is 2.40 bits per heavy atom. The first-order chi connectivity index (χ1) is 9.69. The minimum absolute atomic E-state index is 0.225. The van der Waals surface area contributed by atoms with Gasteiger partial charge in [-0.25, -0.2) is 0 Å². The lowest BCUT2D eigenvalue weighted by Gasteiger charge is -2.45. The van der Waals surface area contributed by atoms with Gasteiger partial charge in [0, 0.05) is 12.6 Å². The molecular formula is C15H25ClN4. The Bertz CT molecular complexity index is 439. The quantitative estimate of drug-likeness (QED) is 0.927. The summed E-state index contributed by atoms with van der Waals surface area (Å²) in [5.74, 6) is 0. The number of aryl methyl sites for hydroxylation is 1. The molecule has 4 nitrogen and oxygen atoms in total. The molecule has 1 saturated carbocycles. The van der Waals surface area contributed by atoms with Gasteiger partial charge in [0.05, 0.1) is 23.0 Å². The van der Waals surface area contributed by atoms with Crippen LogP contribution in [-0.2, 0) is 7.05 Å². The summed E-state index contributed by atoms with van der Waals surface area (Å²) < 4.78 is 1.94. The fourth-order valence-electron chi connectivity index (χ4n) is 4.34. The molecule has 0 bridgehead atoms. The molecule has 1 saturated heterocycles. The van der Waals surface area contributed by atoms with Crippen LogP contribution in [0.1, 0.15) is 50.3 Å². The van der Waals surface area contributed by atoms with Gasteiger partial charge in [-0.3, -0.25) is 9.58 Å². The van der Waals surface area contributed by atoms with E-state index in [1.807, 2.05) is 11.7 Å². The summed E-state index contributed by atoms with van der Waals surface area (Å²) in [6.45, 7) is 2.46. The van der Waals surface area contributed by atoms with Crippen molar-refractivity contribution in [2.75, 3.05) is 20.1 Å². The van der Waals surface area contributed by atoms with Crippen LogP contribution in [0.4, 0.5) is 0 Å². The van der Waals surface area contributed by atoms with Gasteiger partial charge in [0.2, 0.25) is 0 Å². The number of nitrogens with one attached hydrogen (secondary N) is 1. The van der Waals surface area contributed by atoms with Crippen molar-refractivity contribution < 1.29 is 0 Å². The molecule has 5 heteroatoms. The zero-order valence-electron chi connectivity index (χ0n) is 12.5. The Balaban J connectivity index is 2.00. The molecule has 20 heavy (non-hydrogen) atoms. The number of aromatic nitrogens is 2. The maximum absolute atomic E-state index is 6.42. The van der Waals surface area contributed by atoms with E-state index >= 15 is 0 Å². The predicted molar refractivity (Wildman–Crippen MR) is 82.0 cm³/mol. The average molecular weight is 297 g/mol. The molecule has 0 radical (unpaired) electrons. The lowest BCUT2D eigenvalue weighted by molar-refractivity contribution is 0.0764. The number of nitrogens with zero attached hydrogens (tertiary/aromatic N) is 3. The Hall–Kier alpha value is -0.580. The second-order valence-electron chi connectivity index (χ2n) is 6.23. The molecule has 0 aromatic carbocycles. The van der Waals surface area contributed by atoms with Crippen molar-refractivity contribution in [3.63, 3.8) is 0 Å². The lowest BCUT2D eigenvalue weighted by atomic mass is 9.84. The number of likely N-dealkylation sites (N-methyl/N-ethyl adjacent to an activating group) is 1. The van der Waals surface area contributed by atoms with Gasteiger partial charge in [-0.1, -0.05) is 24.4 Å². The van der Waals surface area contributed by atoms with Crippen LogP contribution >= 0.6 is 11.6 Å². The Morgan fingerprint density at radius 2 is 1.90 bits per heavy atom. The van der Waals surface area contributed by atoms with Crippen molar-refractivity contribution in [3.05, 3.63) is 16.9 Å². The minimum atomic E-state index is 0.225. The van der Waals surface area contributed by atoms with E-state index in [0.717, 1.165) is 10.7 Å². The van der Waals surface area contributed by atoms with E-state index in [0.29, 0.717) is 0 Å². The number of halogens is 1. The van der Waals surface area contributed by atoms with Crippen LogP contribution in [0.15, 0.2) is 6.20 Å². The van der Waals surface area contributed by atoms with Gasteiger partial charge >= 0.3 is 0 Å². The molecule has 1 N–H and O–H groups in total. The maximum atomic E-state index is 6.42. The third-order valence-corrected chi connectivity index (χ3v) is 5.53. The third kappa shape index (κ3) is 2.18. The zero-order valence-corrected chi connectivity index (χ0v) is 13.3. The molecule has 3 rings (SSSR count). The van der Waals surface area contributed by atoms with Crippen molar-refractivity contribution in [2.24, 2.45) is 7.05 Å². The van der Waals surface area contributed by atoms with E-state index in [2.05, 4.69) is 22.4 Å². The molecule has 0 spiro atoms. The van der Waals surface area contributed by atoms with E-state index in [1.54, 1.807) is 6.20 Å². The van der Waals surface area contributed by atoms with Crippen LogP contribution in [-0.4, -0.2) is 40.4 Å². The molecular weight excluding hydrogens is 272 g/mol. The molecule has 1 atom stereocenters. The molecule has 1 aliphatic heterocycles. The molecule has 1 aromatic rings. The summed E-state index contributed by atoms with van der Waals surface area (Å²) in [5, 5.41) is 8.69. The second kappa shape index (κ2) is 5.66. The highest BCUT2D eigenvalue weighted by molar-refractivity contribution is 6.31. The van der Waals surface area contributed by atoms with Gasteiger partial charge in [0.1, 0.15) is 0 Å². The van der Waals surface area contributed by atoms with Gasteiger partial charge < -0.3 is 5.32 Å². The summed E-state index contributed by atoms with van der Waals surface area (Å²) in [5.41, 5.74) is 1.37. The first kappa shape index (κ1) is 14.4. The summed E-state index contributed by atoms with van der Waals surface area (Å²) in [4.78, 5) is 2.71. The van der Waals surface area contributed by atoms with Crippen LogP contribution in [0.3, 0.4) is 0 Å². The van der Waals surface area contributed by atoms with E-state index < -0.39 is 0 Å². The Morgan fingerprint density at radius 1 is 1.25 bits per heavy atom. The fraction of sp³-hybridized carbons (Fsp3) is 0.800. The summed E-state index contributed by atoms with van der Waals surface area (Å²) in [6.07, 6.45) is 9.61. The van der Waals surface area contributed by atoms with E-state index in [4.69, 9.17) is 11.6 Å². The highest BCUT2D eigenvalue weighted by Crippen LogP contribution is 2.46. The number of hydrogen-bond acceptors (Lipinski definition) is 3. The average Bonchev–Trinajstić information content (AvgIpc) is 3.15. The normalized spacial score (nSPS) is 24.4. The summed E-state index contributed by atoms with van der Waals surface area (Å²) in [7, 11) is 4.06. The standard InChI is InChI=1S/C15H25ClN4/c1-17-14(13-12(16)11-18-19(13)2)15(7-3-4-8-15)20-9-5-6-10-20/h11,14,17H,3-10H2,1-2H3. The highest BCUT2D eigenvalue weighted by atomic mass is 35.5. The molecule has 2 heterocycles. The lowest BCUT2D eigenvalue weighted by Crippen LogP contribution is -2.54. The smallest absolute Gasteiger partial charge is 0.0834 e. The van der Waals surface area contributed by atoms with Gasteiger partial charge in [0.15, 0.2) is 0 Å². The number of likely N-dealkylation sites (tertiary alicyclic amines) is 1. The number of rotatable bonds is 4. The summed E-state index contributed by atoms with van der Waals surface area (Å²) in [6, 6.07) is 0.267. The van der Waals surface area contributed by atoms with Crippen molar-refractivity contribution in [1.82, 2.24) is 20.0 Å². The maximum Gasteiger partial charge on any atom is 0.0834 e. The Labute approximate surface area is 126 Å². The van der Waals surface area contributed by atoms with Crippen molar-refractivity contribution in [1.29, 1.82) is 0 Å². The van der Waals surface area contributed by atoms with Gasteiger partial charge in [-0.2, -0.15) is 5.10 Å². The minimum Gasteiger partial charge on any atom is -0.310 e. The first-order valence-electron chi connectivity index (χ1n) is 7.79. The first-order valence-corrected chi connectivity index (χ1v) is 8.16. The summed E-state index contributed by atoms with van der Waals surface area (Å²) >= 11 is 6.42.